The second-order valence-electron chi connectivity index (χ2n) is 8.44. The van der Waals surface area contributed by atoms with Gasteiger partial charge in [-0.1, -0.05) is 36.4 Å². The van der Waals surface area contributed by atoms with E-state index in [-0.39, 0.29) is 35.0 Å². The predicted molar refractivity (Wildman–Crippen MR) is 124 cm³/mol. The van der Waals surface area contributed by atoms with E-state index in [1.807, 2.05) is 6.07 Å². The molecule has 6 rings (SSSR count). The van der Waals surface area contributed by atoms with Crippen LogP contribution in [0.4, 0.5) is 5.69 Å². The lowest BCUT2D eigenvalue weighted by molar-refractivity contribution is 0.399. The molecule has 2 atom stereocenters. The molecule has 2 bridgehead atoms. The van der Waals surface area contributed by atoms with Crippen LogP contribution >= 0.6 is 0 Å². The van der Waals surface area contributed by atoms with Crippen LogP contribution in [0.5, 0.6) is 11.8 Å². The van der Waals surface area contributed by atoms with Crippen molar-refractivity contribution in [2.75, 3.05) is 10.8 Å². The Bertz CT molecular complexity index is 1290. The summed E-state index contributed by atoms with van der Waals surface area (Å²) in [6.07, 6.45) is 6.04. The molecule has 3 aliphatic carbocycles. The van der Waals surface area contributed by atoms with E-state index >= 15 is 0 Å². The molecule has 1 aromatic heterocycles. The van der Waals surface area contributed by atoms with Crippen LogP contribution in [0, 0.1) is 6.92 Å². The highest BCUT2D eigenvalue weighted by Crippen LogP contribution is 2.54. The molecule has 166 valence electrons. The number of aryl methyl sites for hydroxylation is 1. The van der Waals surface area contributed by atoms with Crippen molar-refractivity contribution >= 4 is 15.7 Å². The molecule has 32 heavy (non-hydrogen) atoms. The first kappa shape index (κ1) is 20.7. The lowest BCUT2D eigenvalue weighted by atomic mass is 9.73. The number of allylic oxidation sites excluding steroid dienone is 2. The zero-order chi connectivity index (χ0) is 22.6. The van der Waals surface area contributed by atoms with Crippen molar-refractivity contribution in [1.82, 2.24) is 4.57 Å². The maximum absolute atomic E-state index is 13.6. The van der Waals surface area contributed by atoms with Gasteiger partial charge >= 0.3 is 0 Å². The van der Waals surface area contributed by atoms with Crippen LogP contribution in [0.2, 0.25) is 0 Å². The molecule has 0 aliphatic heterocycles. The predicted octanol–water partition coefficient (Wildman–Crippen LogP) is 4.94. The number of para-hydroxylation sites is 1. The Balaban J connectivity index is 1.64. The molecule has 3 aliphatic rings. The maximum atomic E-state index is 13.6. The Labute approximate surface area is 188 Å². The number of sulfonamides is 1. The lowest BCUT2D eigenvalue weighted by Crippen LogP contribution is -2.31. The number of hydrogen-bond donors (Lipinski definition) is 2. The molecule has 0 saturated carbocycles. The van der Waals surface area contributed by atoms with Gasteiger partial charge in [-0.05, 0) is 56.5 Å². The Morgan fingerprint density at radius 2 is 1.56 bits per heavy atom. The van der Waals surface area contributed by atoms with E-state index in [0.29, 0.717) is 16.9 Å². The first-order valence-corrected chi connectivity index (χ1v) is 12.3. The smallest absolute Gasteiger partial charge is 0.264 e. The van der Waals surface area contributed by atoms with E-state index in [0.717, 1.165) is 24.0 Å². The van der Waals surface area contributed by atoms with Gasteiger partial charge in [0.25, 0.3) is 10.0 Å². The largest absolute Gasteiger partial charge is 0.494 e. The van der Waals surface area contributed by atoms with Gasteiger partial charge in [0.05, 0.1) is 16.3 Å². The van der Waals surface area contributed by atoms with Gasteiger partial charge in [0.1, 0.15) is 0 Å². The third kappa shape index (κ3) is 2.95. The summed E-state index contributed by atoms with van der Waals surface area (Å²) in [6.45, 7) is 3.82. The number of rotatable bonds is 5. The Morgan fingerprint density at radius 1 is 0.969 bits per heavy atom. The van der Waals surface area contributed by atoms with E-state index in [1.165, 1.54) is 14.9 Å². The molecule has 0 radical (unpaired) electrons. The van der Waals surface area contributed by atoms with Crippen LogP contribution in [0.1, 0.15) is 48.3 Å². The maximum Gasteiger partial charge on any atom is 0.264 e. The highest BCUT2D eigenvalue weighted by molar-refractivity contribution is 7.92. The van der Waals surface area contributed by atoms with Crippen LogP contribution < -0.4 is 4.31 Å². The van der Waals surface area contributed by atoms with Crippen LogP contribution in [0.3, 0.4) is 0 Å². The fourth-order valence-corrected chi connectivity index (χ4v) is 6.79. The van der Waals surface area contributed by atoms with Gasteiger partial charge in [-0.2, -0.15) is 0 Å². The second kappa shape index (κ2) is 7.45. The van der Waals surface area contributed by atoms with E-state index in [9.17, 15) is 18.6 Å². The van der Waals surface area contributed by atoms with Gasteiger partial charge in [0.2, 0.25) is 11.8 Å². The Kier molecular flexibility index (Phi) is 4.82. The van der Waals surface area contributed by atoms with Crippen LogP contribution in [0.15, 0.2) is 65.6 Å². The first-order chi connectivity index (χ1) is 15.3. The SMILES string of the molecule is CCN(c1ccccc1)S(=O)(=O)c1cc(-n2c(O)c3c(c2O)[C@H]2C=C[C@@H]3CC2)ccc1C. The molecule has 0 spiro atoms. The van der Waals surface area contributed by atoms with Crippen molar-refractivity contribution in [3.63, 3.8) is 0 Å². The van der Waals surface area contributed by atoms with Gasteiger partial charge in [-0.15, -0.1) is 0 Å². The molecule has 7 heteroatoms. The number of fused-ring (bicyclic) bond motifs is 1. The molecule has 1 heterocycles. The second-order valence-corrected chi connectivity index (χ2v) is 10.3. The zero-order valence-corrected chi connectivity index (χ0v) is 18.9. The summed E-state index contributed by atoms with van der Waals surface area (Å²) in [7, 11) is -3.86. The van der Waals surface area contributed by atoms with Crippen molar-refractivity contribution in [3.8, 4) is 17.4 Å². The fourth-order valence-electron chi connectivity index (χ4n) is 5.07. The highest BCUT2D eigenvalue weighted by Gasteiger charge is 2.38. The Morgan fingerprint density at radius 3 is 2.09 bits per heavy atom. The lowest BCUT2D eigenvalue weighted by Gasteiger charge is -2.30. The quantitative estimate of drug-likeness (QED) is 0.539. The van der Waals surface area contributed by atoms with Gasteiger partial charge < -0.3 is 10.2 Å². The van der Waals surface area contributed by atoms with Gasteiger partial charge in [0, 0.05) is 29.5 Å². The van der Waals surface area contributed by atoms with E-state index < -0.39 is 10.0 Å². The van der Waals surface area contributed by atoms with E-state index in [2.05, 4.69) is 12.2 Å². The highest BCUT2D eigenvalue weighted by atomic mass is 32.2. The van der Waals surface area contributed by atoms with Crippen molar-refractivity contribution in [3.05, 3.63) is 77.4 Å². The third-order valence-corrected chi connectivity index (χ3v) is 8.68. The van der Waals surface area contributed by atoms with Crippen molar-refractivity contribution < 1.29 is 18.6 Å². The summed E-state index contributed by atoms with van der Waals surface area (Å²) in [6, 6.07) is 14.0. The number of benzene rings is 2. The molecular formula is C25H26N2O4S. The summed E-state index contributed by atoms with van der Waals surface area (Å²) in [5, 5.41) is 22.1. The topological polar surface area (TPSA) is 82.8 Å². The number of anilines is 1. The van der Waals surface area contributed by atoms with E-state index in [1.54, 1.807) is 50.2 Å². The molecule has 2 aromatic carbocycles. The minimum absolute atomic E-state index is 0.0147. The zero-order valence-electron chi connectivity index (χ0n) is 18.1. The normalized spacial score (nSPS) is 19.2. The van der Waals surface area contributed by atoms with Crippen molar-refractivity contribution in [1.29, 1.82) is 0 Å². The third-order valence-electron chi connectivity index (χ3n) is 6.63. The number of aromatic nitrogens is 1. The van der Waals surface area contributed by atoms with E-state index in [4.69, 9.17) is 0 Å². The van der Waals surface area contributed by atoms with Crippen LogP contribution in [-0.4, -0.2) is 29.7 Å². The van der Waals surface area contributed by atoms with Gasteiger partial charge in [-0.25, -0.2) is 8.42 Å². The monoisotopic (exact) mass is 450 g/mol. The van der Waals surface area contributed by atoms with Crippen molar-refractivity contribution in [2.45, 2.75) is 43.4 Å². The minimum atomic E-state index is -3.86. The molecule has 6 nitrogen and oxygen atoms in total. The summed E-state index contributed by atoms with van der Waals surface area (Å²) < 4.78 is 30.0. The Hall–Kier alpha value is -3.19. The summed E-state index contributed by atoms with van der Waals surface area (Å²) in [4.78, 5) is 0.146. The van der Waals surface area contributed by atoms with Gasteiger partial charge in [-0.3, -0.25) is 8.87 Å². The summed E-state index contributed by atoms with van der Waals surface area (Å²) >= 11 is 0. The first-order valence-electron chi connectivity index (χ1n) is 10.9. The van der Waals surface area contributed by atoms with Gasteiger partial charge in [0.15, 0.2) is 0 Å². The molecule has 0 amide bonds. The molecule has 0 saturated heterocycles. The molecule has 3 aromatic rings. The molecule has 2 N–H and O–H groups in total. The average molecular weight is 451 g/mol. The fraction of sp³-hybridized carbons (Fsp3) is 0.280. The van der Waals surface area contributed by atoms with Crippen molar-refractivity contribution in [2.24, 2.45) is 0 Å². The molecule has 0 fully saturated rings. The minimum Gasteiger partial charge on any atom is -0.494 e. The average Bonchev–Trinajstić information content (AvgIpc) is 3.08. The van der Waals surface area contributed by atoms with Crippen LogP contribution in [-0.2, 0) is 10.0 Å². The molecule has 0 unspecified atom stereocenters. The summed E-state index contributed by atoms with van der Waals surface area (Å²) in [5.41, 5.74) is 3.11. The number of hydrogen-bond acceptors (Lipinski definition) is 4. The number of nitrogens with zero attached hydrogens (tertiary/aromatic N) is 2. The number of aromatic hydroxyl groups is 2. The standard InChI is InChI=1S/C25H26N2O4S/c1-3-26(19-7-5-4-6-8-19)32(30,31)21-15-20(14-9-16(21)2)27-24(28)22-17-10-11-18(13-12-17)23(22)25(27)29/h4-11,14-15,17-18,28-29H,3,12-13H2,1-2H3/t17-,18+. The summed E-state index contributed by atoms with van der Waals surface area (Å²) in [5.74, 6) is 0.118. The van der Waals surface area contributed by atoms with Crippen LogP contribution in [0.25, 0.3) is 5.69 Å². The molecular weight excluding hydrogens is 424 g/mol.